The maximum Gasteiger partial charge on any atom is 0.220 e. The molecule has 3 N–H and O–H groups in total. The summed E-state index contributed by atoms with van der Waals surface area (Å²) in [4.78, 5) is 11.2. The van der Waals surface area contributed by atoms with Gasteiger partial charge in [-0.05, 0) is 43.0 Å². The number of rotatable bonds is 1. The molecule has 3 unspecified atom stereocenters. The Morgan fingerprint density at radius 3 is 3.00 bits per heavy atom. The van der Waals surface area contributed by atoms with Crippen LogP contribution >= 0.6 is 11.6 Å². The molecular formula is C13H15ClN2O. The number of fused-ring (bicyclic) bond motifs is 3. The van der Waals surface area contributed by atoms with Crippen molar-refractivity contribution in [2.45, 2.75) is 31.2 Å². The Morgan fingerprint density at radius 1 is 1.41 bits per heavy atom. The number of anilines is 1. The van der Waals surface area contributed by atoms with Gasteiger partial charge in [0, 0.05) is 28.6 Å². The minimum absolute atomic E-state index is 0.0218. The summed E-state index contributed by atoms with van der Waals surface area (Å²) < 4.78 is 0. The minimum atomic E-state index is -0.167. The van der Waals surface area contributed by atoms with Crippen molar-refractivity contribution in [1.29, 1.82) is 0 Å². The van der Waals surface area contributed by atoms with E-state index < -0.39 is 0 Å². The summed E-state index contributed by atoms with van der Waals surface area (Å²) in [5, 5.41) is 4.26. The molecule has 1 amide bonds. The number of halogens is 1. The van der Waals surface area contributed by atoms with Crippen LogP contribution in [0.25, 0.3) is 0 Å². The average molecular weight is 251 g/mol. The number of hydrogen-bond acceptors (Lipinski definition) is 2. The smallest absolute Gasteiger partial charge is 0.220 e. The molecule has 0 saturated heterocycles. The molecule has 4 heteroatoms. The van der Waals surface area contributed by atoms with Gasteiger partial charge in [-0.15, -0.1) is 0 Å². The first-order valence-electron chi connectivity index (χ1n) is 6.00. The quantitative estimate of drug-likeness (QED) is 0.805. The van der Waals surface area contributed by atoms with E-state index >= 15 is 0 Å². The second-order valence-electron chi connectivity index (χ2n) is 5.00. The molecule has 1 heterocycles. The van der Waals surface area contributed by atoms with Crippen LogP contribution in [0.5, 0.6) is 0 Å². The first-order valence-corrected chi connectivity index (χ1v) is 6.38. The highest BCUT2D eigenvalue weighted by Crippen LogP contribution is 2.45. The lowest BCUT2D eigenvalue weighted by molar-refractivity contribution is -0.122. The summed E-state index contributed by atoms with van der Waals surface area (Å²) in [6.07, 6.45) is 2.75. The summed E-state index contributed by atoms with van der Waals surface area (Å²) in [7, 11) is 0. The second-order valence-corrected chi connectivity index (χ2v) is 5.44. The minimum Gasteiger partial charge on any atom is -0.381 e. The zero-order valence-electron chi connectivity index (χ0n) is 9.45. The second kappa shape index (κ2) is 3.91. The molecule has 1 aliphatic carbocycles. The van der Waals surface area contributed by atoms with Gasteiger partial charge in [-0.1, -0.05) is 11.6 Å². The molecule has 0 radical (unpaired) electrons. The van der Waals surface area contributed by atoms with Crippen molar-refractivity contribution < 1.29 is 4.79 Å². The molecule has 1 aromatic carbocycles. The SMILES string of the molecule is NC(=O)C1CCC2c3cc(Cl)ccc3NC2C1. The highest BCUT2D eigenvalue weighted by molar-refractivity contribution is 6.30. The van der Waals surface area contributed by atoms with Crippen molar-refractivity contribution in [1.82, 2.24) is 0 Å². The van der Waals surface area contributed by atoms with Crippen LogP contribution < -0.4 is 11.1 Å². The van der Waals surface area contributed by atoms with Crippen LogP contribution in [0.3, 0.4) is 0 Å². The maximum atomic E-state index is 11.2. The molecule has 0 bridgehead atoms. The first-order chi connectivity index (χ1) is 8.15. The van der Waals surface area contributed by atoms with Gasteiger partial charge in [0.1, 0.15) is 0 Å². The predicted molar refractivity (Wildman–Crippen MR) is 68.1 cm³/mol. The molecule has 3 nitrogen and oxygen atoms in total. The number of amides is 1. The Morgan fingerprint density at radius 2 is 2.24 bits per heavy atom. The molecule has 1 aliphatic heterocycles. The van der Waals surface area contributed by atoms with E-state index in [1.807, 2.05) is 18.2 Å². The molecule has 1 saturated carbocycles. The van der Waals surface area contributed by atoms with Gasteiger partial charge in [-0.2, -0.15) is 0 Å². The number of carbonyl (C=O) groups excluding carboxylic acids is 1. The van der Waals surface area contributed by atoms with Crippen LogP contribution in [0.15, 0.2) is 18.2 Å². The molecule has 2 aliphatic rings. The summed E-state index contributed by atoms with van der Waals surface area (Å²) in [5.41, 5.74) is 7.85. The summed E-state index contributed by atoms with van der Waals surface area (Å²) >= 11 is 6.03. The molecule has 0 aromatic heterocycles. The molecule has 3 rings (SSSR count). The number of primary amides is 1. The van der Waals surface area contributed by atoms with Gasteiger partial charge in [0.15, 0.2) is 0 Å². The molecule has 1 aromatic rings. The number of benzene rings is 1. The molecule has 90 valence electrons. The number of nitrogens with two attached hydrogens (primary N) is 1. The van der Waals surface area contributed by atoms with Crippen molar-refractivity contribution in [2.24, 2.45) is 11.7 Å². The standard InChI is InChI=1S/C13H15ClN2O/c14-8-2-4-11-10(6-8)9-3-1-7(13(15)17)5-12(9)16-11/h2,4,6-7,9,12,16H,1,3,5H2,(H2,15,17). The van der Waals surface area contributed by atoms with Crippen LogP contribution in [-0.4, -0.2) is 11.9 Å². The molecular weight excluding hydrogens is 236 g/mol. The van der Waals surface area contributed by atoms with Crippen LogP contribution in [-0.2, 0) is 4.79 Å². The van der Waals surface area contributed by atoms with Crippen LogP contribution in [0.2, 0.25) is 5.02 Å². The third-order valence-electron chi connectivity index (χ3n) is 4.01. The van der Waals surface area contributed by atoms with Gasteiger partial charge < -0.3 is 11.1 Å². The van der Waals surface area contributed by atoms with Crippen LogP contribution in [0.4, 0.5) is 5.69 Å². The molecule has 1 fully saturated rings. The monoisotopic (exact) mass is 250 g/mol. The van der Waals surface area contributed by atoms with E-state index in [-0.39, 0.29) is 11.8 Å². The Kier molecular flexibility index (Phi) is 2.51. The highest BCUT2D eigenvalue weighted by atomic mass is 35.5. The van der Waals surface area contributed by atoms with E-state index in [1.165, 1.54) is 5.56 Å². The van der Waals surface area contributed by atoms with Crippen molar-refractivity contribution in [3.8, 4) is 0 Å². The summed E-state index contributed by atoms with van der Waals surface area (Å²) in [6, 6.07) is 6.31. The van der Waals surface area contributed by atoms with Gasteiger partial charge in [-0.3, -0.25) is 4.79 Å². The normalized spacial score (nSPS) is 30.3. The average Bonchev–Trinajstić information content (AvgIpc) is 2.66. The highest BCUT2D eigenvalue weighted by Gasteiger charge is 2.38. The molecule has 0 spiro atoms. The largest absolute Gasteiger partial charge is 0.381 e. The van der Waals surface area contributed by atoms with E-state index in [9.17, 15) is 4.79 Å². The van der Waals surface area contributed by atoms with Crippen molar-refractivity contribution in [2.75, 3.05) is 5.32 Å². The fourth-order valence-corrected chi connectivity index (χ4v) is 3.31. The fourth-order valence-electron chi connectivity index (χ4n) is 3.13. The van der Waals surface area contributed by atoms with Gasteiger partial charge >= 0.3 is 0 Å². The topological polar surface area (TPSA) is 55.1 Å². The van der Waals surface area contributed by atoms with E-state index in [4.69, 9.17) is 17.3 Å². The first kappa shape index (κ1) is 10.9. The Bertz CT molecular complexity index is 474. The lowest BCUT2D eigenvalue weighted by Crippen LogP contribution is -2.35. The predicted octanol–water partition coefficient (Wildman–Crippen LogP) is 2.50. The lowest BCUT2D eigenvalue weighted by atomic mass is 9.77. The third kappa shape index (κ3) is 1.78. The number of nitrogens with one attached hydrogen (secondary N) is 1. The summed E-state index contributed by atoms with van der Waals surface area (Å²) in [5.74, 6) is 0.340. The number of hydrogen-bond donors (Lipinski definition) is 2. The third-order valence-corrected chi connectivity index (χ3v) is 4.24. The summed E-state index contributed by atoms with van der Waals surface area (Å²) in [6.45, 7) is 0. The van der Waals surface area contributed by atoms with Crippen molar-refractivity contribution in [3.05, 3.63) is 28.8 Å². The Balaban J connectivity index is 1.87. The van der Waals surface area contributed by atoms with Gasteiger partial charge in [0.2, 0.25) is 5.91 Å². The van der Waals surface area contributed by atoms with Gasteiger partial charge in [0.05, 0.1) is 0 Å². The van der Waals surface area contributed by atoms with Gasteiger partial charge in [0.25, 0.3) is 0 Å². The Labute approximate surface area is 105 Å². The van der Waals surface area contributed by atoms with Crippen molar-refractivity contribution in [3.63, 3.8) is 0 Å². The van der Waals surface area contributed by atoms with Crippen LogP contribution in [0, 0.1) is 5.92 Å². The zero-order valence-corrected chi connectivity index (χ0v) is 10.2. The van der Waals surface area contributed by atoms with E-state index in [1.54, 1.807) is 0 Å². The number of carbonyl (C=O) groups is 1. The Hall–Kier alpha value is -1.22. The van der Waals surface area contributed by atoms with Gasteiger partial charge in [-0.25, -0.2) is 0 Å². The van der Waals surface area contributed by atoms with E-state index in [0.717, 1.165) is 30.0 Å². The van der Waals surface area contributed by atoms with Crippen LogP contribution in [0.1, 0.15) is 30.7 Å². The fraction of sp³-hybridized carbons (Fsp3) is 0.462. The van der Waals surface area contributed by atoms with E-state index in [0.29, 0.717) is 12.0 Å². The maximum absolute atomic E-state index is 11.2. The molecule has 17 heavy (non-hydrogen) atoms. The van der Waals surface area contributed by atoms with Crippen molar-refractivity contribution >= 4 is 23.2 Å². The van der Waals surface area contributed by atoms with E-state index in [2.05, 4.69) is 5.32 Å². The molecule has 3 atom stereocenters. The zero-order chi connectivity index (χ0) is 12.0. The lowest BCUT2D eigenvalue weighted by Gasteiger charge is -2.30.